The van der Waals surface area contributed by atoms with Gasteiger partial charge in [0.15, 0.2) is 0 Å². The van der Waals surface area contributed by atoms with Crippen LogP contribution in [0.25, 0.3) is 0 Å². The second-order valence-electron chi connectivity index (χ2n) is 5.68. The molecule has 0 fully saturated rings. The van der Waals surface area contributed by atoms with Gasteiger partial charge in [-0.05, 0) is 32.4 Å². The van der Waals surface area contributed by atoms with E-state index in [1.54, 1.807) is 13.2 Å². The summed E-state index contributed by atoms with van der Waals surface area (Å²) in [7, 11) is 1.66. The molecule has 0 bridgehead atoms. The Hall–Kier alpha value is -2.67. The third-order valence-electron chi connectivity index (χ3n) is 3.21. The average Bonchev–Trinajstić information content (AvgIpc) is 2.60. The van der Waals surface area contributed by atoms with Gasteiger partial charge in [0.05, 0.1) is 24.2 Å². The number of carbonyl (C=O) groups excluding carboxylic acids is 1. The lowest BCUT2D eigenvalue weighted by Crippen LogP contribution is -2.16. The minimum atomic E-state index is -0.335. The summed E-state index contributed by atoms with van der Waals surface area (Å²) < 4.78 is 10.7. The fourth-order valence-corrected chi connectivity index (χ4v) is 2.08. The van der Waals surface area contributed by atoms with Crippen LogP contribution in [0.5, 0.6) is 5.75 Å². The maximum Gasteiger partial charge on any atom is 0.275 e. The van der Waals surface area contributed by atoms with E-state index >= 15 is 0 Å². The number of para-hydroxylation sites is 2. The van der Waals surface area contributed by atoms with Crippen molar-refractivity contribution in [2.75, 3.05) is 30.9 Å². The molecule has 25 heavy (non-hydrogen) atoms. The Labute approximate surface area is 147 Å². The van der Waals surface area contributed by atoms with E-state index in [0.717, 1.165) is 13.0 Å². The van der Waals surface area contributed by atoms with Crippen LogP contribution in [0.4, 0.5) is 11.5 Å². The zero-order chi connectivity index (χ0) is 18.1. The van der Waals surface area contributed by atoms with Crippen LogP contribution in [0.1, 0.15) is 30.8 Å². The first-order chi connectivity index (χ1) is 12.1. The highest BCUT2D eigenvalue weighted by atomic mass is 16.5. The molecule has 7 heteroatoms. The summed E-state index contributed by atoms with van der Waals surface area (Å²) in [6.45, 7) is 5.28. The molecule has 1 aromatic heterocycles. The first kappa shape index (κ1) is 18.7. The molecule has 2 N–H and O–H groups in total. The predicted molar refractivity (Wildman–Crippen MR) is 97.2 cm³/mol. The van der Waals surface area contributed by atoms with Crippen molar-refractivity contribution < 1.29 is 14.3 Å². The van der Waals surface area contributed by atoms with Crippen molar-refractivity contribution in [3.63, 3.8) is 0 Å². The number of carbonyl (C=O) groups is 1. The number of aromatic nitrogens is 2. The third kappa shape index (κ3) is 6.04. The maximum atomic E-state index is 12.4. The second kappa shape index (κ2) is 9.58. The van der Waals surface area contributed by atoms with Crippen molar-refractivity contribution in [3.05, 3.63) is 42.4 Å². The van der Waals surface area contributed by atoms with Crippen LogP contribution in [-0.2, 0) is 4.74 Å². The van der Waals surface area contributed by atoms with Crippen molar-refractivity contribution in [3.8, 4) is 5.75 Å². The number of methoxy groups -OCH3 is 1. The number of hydrogen-bond donors (Lipinski definition) is 2. The Balaban J connectivity index is 1.97. The Bertz CT molecular complexity index is 674. The normalized spacial score (nSPS) is 10.6. The Morgan fingerprint density at radius 3 is 2.68 bits per heavy atom. The fourth-order valence-electron chi connectivity index (χ4n) is 2.08. The molecule has 134 valence electrons. The number of nitrogens with one attached hydrogen (secondary N) is 2. The molecule has 0 unspecified atom stereocenters. The molecular formula is C18H24N4O3. The molecule has 1 amide bonds. The molecule has 2 aromatic rings. The molecule has 1 heterocycles. The van der Waals surface area contributed by atoms with E-state index in [2.05, 4.69) is 20.6 Å². The van der Waals surface area contributed by atoms with Crippen molar-refractivity contribution in [2.45, 2.75) is 26.4 Å². The first-order valence-corrected chi connectivity index (χ1v) is 8.22. The molecule has 0 spiro atoms. The molecule has 0 atom stereocenters. The zero-order valence-corrected chi connectivity index (χ0v) is 14.8. The molecule has 1 aromatic carbocycles. The van der Waals surface area contributed by atoms with Gasteiger partial charge in [0.25, 0.3) is 5.91 Å². The highest BCUT2D eigenvalue weighted by Gasteiger charge is 2.12. The standard InChI is InChI=1S/C18H24N4O3/c1-13(2)25-16-8-5-4-7-14(16)22-18(23)15-11-21-17(12-20-15)19-9-6-10-24-3/h4-5,7-8,11-13H,6,9-10H2,1-3H3,(H,19,21)(H,22,23). The minimum Gasteiger partial charge on any atom is -0.489 e. The summed E-state index contributed by atoms with van der Waals surface area (Å²) in [4.78, 5) is 20.7. The number of rotatable bonds is 9. The summed E-state index contributed by atoms with van der Waals surface area (Å²) in [5.74, 6) is 0.907. The van der Waals surface area contributed by atoms with E-state index in [4.69, 9.17) is 9.47 Å². The van der Waals surface area contributed by atoms with E-state index in [-0.39, 0.29) is 17.7 Å². The van der Waals surface area contributed by atoms with Crippen LogP contribution in [0, 0.1) is 0 Å². The molecule has 2 rings (SSSR count). The van der Waals surface area contributed by atoms with E-state index in [1.807, 2.05) is 32.0 Å². The minimum absolute atomic E-state index is 0.0151. The maximum absolute atomic E-state index is 12.4. The van der Waals surface area contributed by atoms with Gasteiger partial charge < -0.3 is 20.1 Å². The van der Waals surface area contributed by atoms with Gasteiger partial charge in [-0.2, -0.15) is 0 Å². The van der Waals surface area contributed by atoms with Crippen molar-refractivity contribution in [1.29, 1.82) is 0 Å². The lowest BCUT2D eigenvalue weighted by atomic mass is 10.2. The van der Waals surface area contributed by atoms with Gasteiger partial charge in [-0.25, -0.2) is 9.97 Å². The topological polar surface area (TPSA) is 85.4 Å². The monoisotopic (exact) mass is 344 g/mol. The molecule has 0 aliphatic carbocycles. The molecule has 0 aliphatic heterocycles. The van der Waals surface area contributed by atoms with Crippen LogP contribution in [0.2, 0.25) is 0 Å². The molecule has 0 aliphatic rings. The smallest absolute Gasteiger partial charge is 0.275 e. The number of benzene rings is 1. The molecule has 7 nitrogen and oxygen atoms in total. The van der Waals surface area contributed by atoms with Crippen molar-refractivity contribution >= 4 is 17.4 Å². The Kier molecular flexibility index (Phi) is 7.16. The van der Waals surface area contributed by atoms with E-state index in [9.17, 15) is 4.79 Å². The van der Waals surface area contributed by atoms with Gasteiger partial charge in [0, 0.05) is 20.3 Å². The summed E-state index contributed by atoms with van der Waals surface area (Å²) in [6, 6.07) is 7.29. The lowest BCUT2D eigenvalue weighted by molar-refractivity contribution is 0.102. The number of ether oxygens (including phenoxy) is 2. The van der Waals surface area contributed by atoms with Crippen molar-refractivity contribution in [1.82, 2.24) is 9.97 Å². The fraction of sp³-hybridized carbons (Fsp3) is 0.389. The summed E-state index contributed by atoms with van der Waals surface area (Å²) in [6.07, 6.45) is 3.87. The summed E-state index contributed by atoms with van der Waals surface area (Å²) in [5, 5.41) is 5.93. The second-order valence-corrected chi connectivity index (χ2v) is 5.68. The summed E-state index contributed by atoms with van der Waals surface area (Å²) >= 11 is 0. The predicted octanol–water partition coefficient (Wildman–Crippen LogP) is 2.96. The van der Waals surface area contributed by atoms with Crippen molar-refractivity contribution in [2.24, 2.45) is 0 Å². The van der Waals surface area contributed by atoms with E-state index in [0.29, 0.717) is 23.9 Å². The Morgan fingerprint density at radius 1 is 1.20 bits per heavy atom. The Morgan fingerprint density at radius 2 is 2.00 bits per heavy atom. The third-order valence-corrected chi connectivity index (χ3v) is 3.21. The number of nitrogens with zero attached hydrogens (tertiary/aromatic N) is 2. The van der Waals surface area contributed by atoms with E-state index < -0.39 is 0 Å². The first-order valence-electron chi connectivity index (χ1n) is 8.22. The van der Waals surface area contributed by atoms with Crippen LogP contribution in [0.3, 0.4) is 0 Å². The van der Waals surface area contributed by atoms with Crippen LogP contribution in [-0.4, -0.2) is 42.2 Å². The molecule has 0 radical (unpaired) electrons. The number of hydrogen-bond acceptors (Lipinski definition) is 6. The molecular weight excluding hydrogens is 320 g/mol. The van der Waals surface area contributed by atoms with Gasteiger partial charge in [-0.1, -0.05) is 12.1 Å². The SMILES string of the molecule is COCCCNc1cnc(C(=O)Nc2ccccc2OC(C)C)cn1. The van der Waals surface area contributed by atoms with Crippen LogP contribution < -0.4 is 15.4 Å². The number of anilines is 2. The number of amides is 1. The lowest BCUT2D eigenvalue weighted by Gasteiger charge is -2.14. The van der Waals surface area contributed by atoms with Gasteiger partial charge in [0.1, 0.15) is 17.3 Å². The zero-order valence-electron chi connectivity index (χ0n) is 14.8. The average molecular weight is 344 g/mol. The highest BCUT2D eigenvalue weighted by Crippen LogP contribution is 2.25. The molecule has 0 saturated heterocycles. The van der Waals surface area contributed by atoms with Gasteiger partial charge in [0.2, 0.25) is 0 Å². The molecule has 0 saturated carbocycles. The van der Waals surface area contributed by atoms with Crippen LogP contribution in [0.15, 0.2) is 36.7 Å². The highest BCUT2D eigenvalue weighted by molar-refractivity contribution is 6.03. The van der Waals surface area contributed by atoms with Gasteiger partial charge in [-0.3, -0.25) is 4.79 Å². The van der Waals surface area contributed by atoms with Gasteiger partial charge in [-0.15, -0.1) is 0 Å². The quantitative estimate of drug-likeness (QED) is 0.680. The van der Waals surface area contributed by atoms with E-state index in [1.165, 1.54) is 12.4 Å². The summed E-state index contributed by atoms with van der Waals surface area (Å²) in [5.41, 5.74) is 0.839. The van der Waals surface area contributed by atoms with Gasteiger partial charge >= 0.3 is 0 Å². The largest absolute Gasteiger partial charge is 0.489 e. The van der Waals surface area contributed by atoms with Crippen LogP contribution >= 0.6 is 0 Å².